The van der Waals surface area contributed by atoms with Crippen molar-refractivity contribution in [2.75, 3.05) is 12.4 Å². The second-order valence-electron chi connectivity index (χ2n) is 4.06. The minimum absolute atomic E-state index is 0.0554. The molecule has 2 rings (SSSR count). The Bertz CT molecular complexity index is 570. The van der Waals surface area contributed by atoms with E-state index in [9.17, 15) is 4.79 Å². The summed E-state index contributed by atoms with van der Waals surface area (Å²) in [4.78, 5) is 12.0. The van der Waals surface area contributed by atoms with Crippen LogP contribution in [0.3, 0.4) is 0 Å². The first-order valence-corrected chi connectivity index (χ1v) is 6.65. The highest BCUT2D eigenvalue weighted by Crippen LogP contribution is 2.27. The van der Waals surface area contributed by atoms with Gasteiger partial charge in [0, 0.05) is 10.5 Å². The van der Waals surface area contributed by atoms with Gasteiger partial charge >= 0.3 is 0 Å². The van der Waals surface area contributed by atoms with Crippen molar-refractivity contribution < 1.29 is 9.53 Å². The number of amides is 1. The molecule has 1 amide bonds. The van der Waals surface area contributed by atoms with E-state index in [-0.39, 0.29) is 5.91 Å². The van der Waals surface area contributed by atoms with Gasteiger partial charge in [-0.3, -0.25) is 4.79 Å². The Morgan fingerprint density at radius 1 is 1.21 bits per heavy atom. The molecule has 0 fully saturated rings. The van der Waals surface area contributed by atoms with E-state index >= 15 is 0 Å². The third-order valence-electron chi connectivity index (χ3n) is 2.66. The fraction of sp³-hybridized carbons (Fsp3) is 0.133. The van der Waals surface area contributed by atoms with Crippen molar-refractivity contribution in [2.24, 2.45) is 0 Å². The molecule has 0 atom stereocenters. The first kappa shape index (κ1) is 13.6. The Balaban J connectivity index is 2.06. The molecule has 0 aliphatic rings. The SMILES string of the molecule is COc1ccc(Br)c(NC(=O)Cc2ccccc2)c1. The summed E-state index contributed by atoms with van der Waals surface area (Å²) in [5.41, 5.74) is 1.69. The molecular weight excluding hydrogens is 306 g/mol. The molecule has 0 aliphatic carbocycles. The number of hydrogen-bond acceptors (Lipinski definition) is 2. The smallest absolute Gasteiger partial charge is 0.228 e. The van der Waals surface area contributed by atoms with Crippen molar-refractivity contribution in [1.29, 1.82) is 0 Å². The molecule has 2 aromatic rings. The number of rotatable bonds is 4. The van der Waals surface area contributed by atoms with Crippen LogP contribution in [0.4, 0.5) is 5.69 Å². The molecule has 98 valence electrons. The Hall–Kier alpha value is -1.81. The maximum atomic E-state index is 12.0. The maximum absolute atomic E-state index is 12.0. The summed E-state index contributed by atoms with van der Waals surface area (Å²) in [5.74, 6) is 0.651. The minimum Gasteiger partial charge on any atom is -0.497 e. The van der Waals surface area contributed by atoms with Crippen LogP contribution in [-0.2, 0) is 11.2 Å². The molecule has 0 heterocycles. The lowest BCUT2D eigenvalue weighted by atomic mass is 10.1. The fourth-order valence-corrected chi connectivity index (χ4v) is 2.05. The number of hydrogen-bond donors (Lipinski definition) is 1. The highest BCUT2D eigenvalue weighted by Gasteiger charge is 2.07. The molecule has 0 spiro atoms. The van der Waals surface area contributed by atoms with Crippen molar-refractivity contribution >= 4 is 27.5 Å². The molecule has 0 aromatic heterocycles. The Morgan fingerprint density at radius 3 is 2.63 bits per heavy atom. The van der Waals surface area contributed by atoms with Crippen molar-refractivity contribution in [2.45, 2.75) is 6.42 Å². The number of carbonyl (C=O) groups excluding carboxylic acids is 1. The summed E-state index contributed by atoms with van der Waals surface area (Å²) in [6.07, 6.45) is 0.352. The Morgan fingerprint density at radius 2 is 1.95 bits per heavy atom. The molecule has 19 heavy (non-hydrogen) atoms. The summed E-state index contributed by atoms with van der Waals surface area (Å²) in [7, 11) is 1.60. The number of anilines is 1. The van der Waals surface area contributed by atoms with Crippen molar-refractivity contribution in [3.63, 3.8) is 0 Å². The van der Waals surface area contributed by atoms with E-state index in [0.717, 1.165) is 10.0 Å². The van der Waals surface area contributed by atoms with E-state index in [1.165, 1.54) is 0 Å². The van der Waals surface area contributed by atoms with Gasteiger partial charge in [0.1, 0.15) is 5.75 Å². The van der Waals surface area contributed by atoms with Gasteiger partial charge in [-0.1, -0.05) is 30.3 Å². The van der Waals surface area contributed by atoms with Crippen LogP contribution in [0.2, 0.25) is 0 Å². The molecule has 3 nitrogen and oxygen atoms in total. The highest BCUT2D eigenvalue weighted by molar-refractivity contribution is 9.10. The fourth-order valence-electron chi connectivity index (χ4n) is 1.70. The first-order chi connectivity index (χ1) is 9.19. The quantitative estimate of drug-likeness (QED) is 0.934. The van der Waals surface area contributed by atoms with Crippen LogP contribution in [-0.4, -0.2) is 13.0 Å². The Kier molecular flexibility index (Phi) is 4.58. The van der Waals surface area contributed by atoms with E-state index in [2.05, 4.69) is 21.2 Å². The van der Waals surface area contributed by atoms with Crippen LogP contribution in [0.25, 0.3) is 0 Å². The van der Waals surface area contributed by atoms with E-state index in [0.29, 0.717) is 17.9 Å². The van der Waals surface area contributed by atoms with Crippen molar-refractivity contribution in [1.82, 2.24) is 0 Å². The minimum atomic E-state index is -0.0554. The van der Waals surface area contributed by atoms with Gasteiger partial charge in [0.15, 0.2) is 0 Å². The van der Waals surface area contributed by atoms with Crippen molar-refractivity contribution in [3.8, 4) is 5.75 Å². The first-order valence-electron chi connectivity index (χ1n) is 5.86. The van der Waals surface area contributed by atoms with Crippen molar-refractivity contribution in [3.05, 3.63) is 58.6 Å². The molecular formula is C15H14BrNO2. The summed E-state index contributed by atoms with van der Waals surface area (Å²) in [6, 6.07) is 15.1. The topological polar surface area (TPSA) is 38.3 Å². The number of benzene rings is 2. The largest absolute Gasteiger partial charge is 0.497 e. The standard InChI is InChI=1S/C15H14BrNO2/c1-19-12-7-8-13(16)14(10-12)17-15(18)9-11-5-3-2-4-6-11/h2-8,10H,9H2,1H3,(H,17,18). The Labute approximate surface area is 120 Å². The zero-order valence-corrected chi connectivity index (χ0v) is 12.1. The van der Waals surface area contributed by atoms with Gasteiger partial charge in [-0.25, -0.2) is 0 Å². The molecule has 0 radical (unpaired) electrons. The van der Waals surface area contributed by atoms with Gasteiger partial charge in [0.2, 0.25) is 5.91 Å². The van der Waals surface area contributed by atoms with Crippen LogP contribution >= 0.6 is 15.9 Å². The number of methoxy groups -OCH3 is 1. The average Bonchev–Trinajstić information content (AvgIpc) is 2.42. The lowest BCUT2D eigenvalue weighted by Crippen LogP contribution is -2.14. The summed E-state index contributed by atoms with van der Waals surface area (Å²) < 4.78 is 5.97. The van der Waals surface area contributed by atoms with Gasteiger partial charge in [-0.2, -0.15) is 0 Å². The highest BCUT2D eigenvalue weighted by atomic mass is 79.9. The molecule has 0 aliphatic heterocycles. The van der Waals surface area contributed by atoms with Gasteiger partial charge < -0.3 is 10.1 Å². The zero-order chi connectivity index (χ0) is 13.7. The van der Waals surface area contributed by atoms with E-state index < -0.39 is 0 Å². The molecule has 0 saturated carbocycles. The number of nitrogens with one attached hydrogen (secondary N) is 1. The third-order valence-corrected chi connectivity index (χ3v) is 3.35. The third kappa shape index (κ3) is 3.83. The summed E-state index contributed by atoms with van der Waals surface area (Å²) in [6.45, 7) is 0. The van der Waals surface area contributed by atoms with Crippen LogP contribution in [0.15, 0.2) is 53.0 Å². The van der Waals surface area contributed by atoms with Gasteiger partial charge in [-0.15, -0.1) is 0 Å². The van der Waals surface area contributed by atoms with Crippen LogP contribution in [0.1, 0.15) is 5.56 Å². The van der Waals surface area contributed by atoms with E-state index in [4.69, 9.17) is 4.74 Å². The van der Waals surface area contributed by atoms with Gasteiger partial charge in [0.05, 0.1) is 19.2 Å². The molecule has 2 aromatic carbocycles. The van der Waals surface area contributed by atoms with E-state index in [1.54, 1.807) is 13.2 Å². The lowest BCUT2D eigenvalue weighted by molar-refractivity contribution is -0.115. The molecule has 0 unspecified atom stereocenters. The lowest BCUT2D eigenvalue weighted by Gasteiger charge is -2.09. The van der Waals surface area contributed by atoms with E-state index in [1.807, 2.05) is 42.5 Å². The zero-order valence-electron chi connectivity index (χ0n) is 10.5. The average molecular weight is 320 g/mol. The predicted octanol–water partition coefficient (Wildman–Crippen LogP) is 3.64. The van der Waals surface area contributed by atoms with Crippen LogP contribution < -0.4 is 10.1 Å². The molecule has 0 saturated heterocycles. The van der Waals surface area contributed by atoms with Gasteiger partial charge in [-0.05, 0) is 33.6 Å². The van der Waals surface area contributed by atoms with Gasteiger partial charge in [0.25, 0.3) is 0 Å². The number of carbonyl (C=O) groups is 1. The maximum Gasteiger partial charge on any atom is 0.228 e. The molecule has 1 N–H and O–H groups in total. The summed E-state index contributed by atoms with van der Waals surface area (Å²) >= 11 is 3.40. The second-order valence-corrected chi connectivity index (χ2v) is 4.91. The normalized spacial score (nSPS) is 10.0. The second kappa shape index (κ2) is 6.38. The monoisotopic (exact) mass is 319 g/mol. The number of halogens is 1. The van der Waals surface area contributed by atoms with Crippen LogP contribution in [0, 0.1) is 0 Å². The predicted molar refractivity (Wildman–Crippen MR) is 79.5 cm³/mol. The number of ether oxygens (including phenoxy) is 1. The summed E-state index contributed by atoms with van der Waals surface area (Å²) in [5, 5.41) is 2.87. The molecule has 0 bridgehead atoms. The molecule has 4 heteroatoms. The van der Waals surface area contributed by atoms with Crippen LogP contribution in [0.5, 0.6) is 5.75 Å².